The van der Waals surface area contributed by atoms with Crippen molar-refractivity contribution in [2.75, 3.05) is 0 Å². The number of carboxylic acid groups (broad SMARTS) is 1. The average molecular weight is 285 g/mol. The summed E-state index contributed by atoms with van der Waals surface area (Å²) in [6.45, 7) is 3.21. The molecule has 1 rings (SSSR count). The first kappa shape index (κ1) is 15.9. The molecule has 0 aliphatic carbocycles. The Morgan fingerprint density at radius 2 is 2.10 bits per heavy atom. The van der Waals surface area contributed by atoms with Gasteiger partial charge in [-0.2, -0.15) is 0 Å². The normalized spacial score (nSPS) is 21.6. The number of nitrogens with one attached hydrogen (secondary N) is 3. The number of aliphatic carboxylic acids is 1. The van der Waals surface area contributed by atoms with E-state index in [9.17, 15) is 19.2 Å². The minimum atomic E-state index is -1.39. The third-order valence-corrected chi connectivity index (χ3v) is 3.16. The van der Waals surface area contributed by atoms with Gasteiger partial charge in [0.15, 0.2) is 0 Å². The summed E-state index contributed by atoms with van der Waals surface area (Å²) >= 11 is 0. The fraction of sp³-hybridized carbons (Fsp3) is 0.667. The summed E-state index contributed by atoms with van der Waals surface area (Å²) in [5, 5.41) is 16.0. The molecule has 0 aromatic rings. The van der Waals surface area contributed by atoms with E-state index < -0.39 is 29.5 Å². The van der Waals surface area contributed by atoms with Gasteiger partial charge in [-0.05, 0) is 19.8 Å². The maximum atomic E-state index is 11.8. The molecule has 8 heteroatoms. The fourth-order valence-electron chi connectivity index (χ4n) is 2.00. The Balaban J connectivity index is 2.60. The number of carboxylic acids is 1. The lowest BCUT2D eigenvalue weighted by Gasteiger charge is -2.28. The molecule has 0 aromatic heterocycles. The molecule has 0 aromatic carbocycles. The van der Waals surface area contributed by atoms with E-state index in [1.807, 2.05) is 0 Å². The number of rotatable bonds is 5. The van der Waals surface area contributed by atoms with Crippen LogP contribution in [-0.2, 0) is 14.4 Å². The molecule has 0 spiro atoms. The lowest BCUT2D eigenvalue weighted by molar-refractivity contribution is -0.144. The van der Waals surface area contributed by atoms with Gasteiger partial charge in [-0.1, -0.05) is 13.3 Å². The molecule has 1 fully saturated rings. The van der Waals surface area contributed by atoms with Gasteiger partial charge in [-0.15, -0.1) is 0 Å². The van der Waals surface area contributed by atoms with Gasteiger partial charge >= 0.3 is 12.0 Å². The minimum absolute atomic E-state index is 0.141. The predicted molar refractivity (Wildman–Crippen MR) is 68.8 cm³/mol. The summed E-state index contributed by atoms with van der Waals surface area (Å²) in [5.74, 6) is -2.10. The Hall–Kier alpha value is -2.12. The number of imide groups is 1. The molecule has 4 amide bonds. The van der Waals surface area contributed by atoms with E-state index >= 15 is 0 Å². The van der Waals surface area contributed by atoms with Crippen molar-refractivity contribution in [3.05, 3.63) is 0 Å². The summed E-state index contributed by atoms with van der Waals surface area (Å²) in [6, 6.07) is -1.56. The van der Waals surface area contributed by atoms with Crippen molar-refractivity contribution in [3.8, 4) is 0 Å². The van der Waals surface area contributed by atoms with E-state index in [0.717, 1.165) is 0 Å². The molecule has 112 valence electrons. The molecule has 1 saturated heterocycles. The average Bonchev–Trinajstić information content (AvgIpc) is 2.32. The SMILES string of the molecule is CCCC(C)(NC(=O)NC1CCC(=O)NC1=O)C(=O)O. The largest absolute Gasteiger partial charge is 0.480 e. The van der Waals surface area contributed by atoms with Gasteiger partial charge < -0.3 is 15.7 Å². The third kappa shape index (κ3) is 3.94. The van der Waals surface area contributed by atoms with E-state index in [0.29, 0.717) is 6.42 Å². The van der Waals surface area contributed by atoms with Crippen LogP contribution in [0, 0.1) is 0 Å². The summed E-state index contributed by atoms with van der Waals surface area (Å²) in [5.41, 5.74) is -1.39. The summed E-state index contributed by atoms with van der Waals surface area (Å²) < 4.78 is 0. The second-order valence-corrected chi connectivity index (χ2v) is 4.99. The van der Waals surface area contributed by atoms with Gasteiger partial charge in [-0.3, -0.25) is 14.9 Å². The quantitative estimate of drug-likeness (QED) is 0.518. The third-order valence-electron chi connectivity index (χ3n) is 3.16. The smallest absolute Gasteiger partial charge is 0.329 e. The van der Waals surface area contributed by atoms with E-state index in [4.69, 9.17) is 5.11 Å². The molecule has 8 nitrogen and oxygen atoms in total. The van der Waals surface area contributed by atoms with Gasteiger partial charge in [0.25, 0.3) is 0 Å². The maximum absolute atomic E-state index is 11.8. The molecule has 4 N–H and O–H groups in total. The van der Waals surface area contributed by atoms with Crippen LogP contribution in [0.5, 0.6) is 0 Å². The van der Waals surface area contributed by atoms with Gasteiger partial charge in [0.05, 0.1) is 0 Å². The number of hydrogen-bond donors (Lipinski definition) is 4. The summed E-state index contributed by atoms with van der Waals surface area (Å²) in [4.78, 5) is 45.4. The Morgan fingerprint density at radius 1 is 1.45 bits per heavy atom. The second kappa shape index (κ2) is 6.36. The lowest BCUT2D eigenvalue weighted by atomic mass is 9.96. The van der Waals surface area contributed by atoms with Crippen molar-refractivity contribution >= 4 is 23.8 Å². The molecule has 1 aliphatic heterocycles. The highest BCUT2D eigenvalue weighted by molar-refractivity contribution is 6.01. The Morgan fingerprint density at radius 3 is 2.60 bits per heavy atom. The predicted octanol–water partition coefficient (Wildman–Crippen LogP) is -0.266. The van der Waals surface area contributed by atoms with Crippen molar-refractivity contribution in [2.45, 2.75) is 51.1 Å². The number of urea groups is 1. The number of piperidine rings is 1. The second-order valence-electron chi connectivity index (χ2n) is 4.99. The topological polar surface area (TPSA) is 125 Å². The van der Waals surface area contributed by atoms with Gasteiger partial charge in [0.1, 0.15) is 11.6 Å². The van der Waals surface area contributed by atoms with Crippen LogP contribution in [0.15, 0.2) is 0 Å². The molecular formula is C12H19N3O5. The molecule has 0 radical (unpaired) electrons. The summed E-state index contributed by atoms with van der Waals surface area (Å²) in [7, 11) is 0. The van der Waals surface area contributed by atoms with Crippen molar-refractivity contribution in [1.82, 2.24) is 16.0 Å². The molecule has 2 atom stereocenters. The van der Waals surface area contributed by atoms with Crippen molar-refractivity contribution < 1.29 is 24.3 Å². The van der Waals surface area contributed by atoms with Gasteiger partial charge in [0.2, 0.25) is 11.8 Å². The van der Waals surface area contributed by atoms with Crippen LogP contribution < -0.4 is 16.0 Å². The number of amides is 4. The van der Waals surface area contributed by atoms with Crippen molar-refractivity contribution in [3.63, 3.8) is 0 Å². The Kier molecular flexibility index (Phi) is 5.06. The highest BCUT2D eigenvalue weighted by Crippen LogP contribution is 2.12. The Labute approximate surface area is 116 Å². The molecule has 0 saturated carbocycles. The fourth-order valence-corrected chi connectivity index (χ4v) is 2.00. The highest BCUT2D eigenvalue weighted by Gasteiger charge is 2.35. The van der Waals surface area contributed by atoms with Crippen LogP contribution >= 0.6 is 0 Å². The standard InChI is InChI=1S/C12H19N3O5/c1-3-6-12(2,10(18)19)15-11(20)13-7-4-5-8(16)14-9(7)17/h7H,3-6H2,1-2H3,(H,18,19)(H2,13,15,20)(H,14,16,17). The van der Waals surface area contributed by atoms with Crippen molar-refractivity contribution in [1.29, 1.82) is 0 Å². The van der Waals surface area contributed by atoms with Crippen LogP contribution in [0.2, 0.25) is 0 Å². The van der Waals surface area contributed by atoms with E-state index in [2.05, 4.69) is 16.0 Å². The Bertz CT molecular complexity index is 437. The zero-order chi connectivity index (χ0) is 15.3. The van der Waals surface area contributed by atoms with Crippen LogP contribution in [0.1, 0.15) is 39.5 Å². The highest BCUT2D eigenvalue weighted by atomic mass is 16.4. The first-order valence-electron chi connectivity index (χ1n) is 6.44. The minimum Gasteiger partial charge on any atom is -0.480 e. The van der Waals surface area contributed by atoms with Crippen LogP contribution in [-0.4, -0.2) is 40.5 Å². The monoisotopic (exact) mass is 285 g/mol. The zero-order valence-corrected chi connectivity index (χ0v) is 11.5. The molecule has 0 bridgehead atoms. The van der Waals surface area contributed by atoms with E-state index in [-0.39, 0.29) is 25.2 Å². The first-order valence-corrected chi connectivity index (χ1v) is 6.44. The molecular weight excluding hydrogens is 266 g/mol. The number of carbonyl (C=O) groups excluding carboxylic acids is 3. The molecule has 1 heterocycles. The first-order chi connectivity index (χ1) is 9.28. The molecule has 1 aliphatic rings. The molecule has 2 unspecified atom stereocenters. The summed E-state index contributed by atoms with van der Waals surface area (Å²) in [6.07, 6.45) is 1.20. The number of carbonyl (C=O) groups is 4. The van der Waals surface area contributed by atoms with E-state index in [1.54, 1.807) is 6.92 Å². The maximum Gasteiger partial charge on any atom is 0.329 e. The van der Waals surface area contributed by atoms with E-state index in [1.165, 1.54) is 6.92 Å². The van der Waals surface area contributed by atoms with Gasteiger partial charge in [0, 0.05) is 6.42 Å². The van der Waals surface area contributed by atoms with Crippen LogP contribution in [0.25, 0.3) is 0 Å². The van der Waals surface area contributed by atoms with Crippen LogP contribution in [0.3, 0.4) is 0 Å². The van der Waals surface area contributed by atoms with Crippen molar-refractivity contribution in [2.24, 2.45) is 0 Å². The van der Waals surface area contributed by atoms with Gasteiger partial charge in [-0.25, -0.2) is 9.59 Å². The number of hydrogen-bond acceptors (Lipinski definition) is 4. The lowest BCUT2D eigenvalue weighted by Crippen LogP contribution is -2.59. The van der Waals surface area contributed by atoms with Crippen LogP contribution in [0.4, 0.5) is 4.79 Å². The zero-order valence-electron chi connectivity index (χ0n) is 11.5. The molecule has 20 heavy (non-hydrogen) atoms.